The van der Waals surface area contributed by atoms with E-state index in [-0.39, 0.29) is 18.8 Å². The van der Waals surface area contributed by atoms with E-state index < -0.39 is 18.0 Å². The molecular weight excluding hydrogens is 443 g/mol. The lowest BCUT2D eigenvalue weighted by Crippen LogP contribution is -2.45. The zero-order valence-electron chi connectivity index (χ0n) is 17.3. The Balaban J connectivity index is 2.05. The van der Waals surface area contributed by atoms with Crippen molar-refractivity contribution in [2.45, 2.75) is 26.5 Å². The summed E-state index contributed by atoms with van der Waals surface area (Å²) in [5.74, 6) is 0.234. The van der Waals surface area contributed by atoms with Gasteiger partial charge in [0.05, 0.1) is 25.3 Å². The summed E-state index contributed by atoms with van der Waals surface area (Å²) < 4.78 is 16.8. The number of halogens is 2. The molecule has 2 amide bonds. The number of urea groups is 1. The maximum Gasteiger partial charge on any atom is 0.338 e. The molecule has 2 aromatic rings. The first-order valence-electron chi connectivity index (χ1n) is 9.55. The molecule has 0 radical (unpaired) electrons. The molecule has 1 aliphatic heterocycles. The second kappa shape index (κ2) is 9.94. The molecule has 0 saturated carbocycles. The van der Waals surface area contributed by atoms with E-state index >= 15 is 0 Å². The van der Waals surface area contributed by atoms with Crippen molar-refractivity contribution in [3.8, 4) is 11.5 Å². The van der Waals surface area contributed by atoms with E-state index in [9.17, 15) is 9.59 Å². The predicted octanol–water partition coefficient (Wildman–Crippen LogP) is 4.77. The summed E-state index contributed by atoms with van der Waals surface area (Å²) in [5.41, 5.74) is 1.81. The number of nitrogens with one attached hydrogen (secondary N) is 2. The zero-order chi connectivity index (χ0) is 22.5. The maximum atomic E-state index is 12.7. The second-order valence-electron chi connectivity index (χ2n) is 6.66. The van der Waals surface area contributed by atoms with Gasteiger partial charge in [0.1, 0.15) is 6.61 Å². The Morgan fingerprint density at radius 3 is 2.45 bits per heavy atom. The standard InChI is InChI=1S/C22H22Cl2N2O5/c1-4-30-21(27)18-12(2)25-22(28)26-19(18)13-7-5-10-17(29-3)20(13)31-11-14-15(23)8-6-9-16(14)24/h5-10,19H,4,11H2,1-3H3,(H2,25,26,28). The second-order valence-corrected chi connectivity index (χ2v) is 7.47. The van der Waals surface area contributed by atoms with Crippen molar-refractivity contribution < 1.29 is 23.8 Å². The number of methoxy groups -OCH3 is 1. The van der Waals surface area contributed by atoms with Gasteiger partial charge < -0.3 is 24.8 Å². The summed E-state index contributed by atoms with van der Waals surface area (Å²) in [6, 6.07) is 9.13. The minimum Gasteiger partial charge on any atom is -0.493 e. The van der Waals surface area contributed by atoms with Crippen molar-refractivity contribution in [3.05, 3.63) is 68.8 Å². The number of ether oxygens (including phenoxy) is 3. The van der Waals surface area contributed by atoms with Gasteiger partial charge in [-0.15, -0.1) is 0 Å². The number of benzene rings is 2. The van der Waals surface area contributed by atoms with Crippen LogP contribution in [0, 0.1) is 0 Å². The molecule has 3 rings (SSSR count). The minimum absolute atomic E-state index is 0.0578. The quantitative estimate of drug-likeness (QED) is 0.576. The van der Waals surface area contributed by atoms with Crippen molar-refractivity contribution >= 4 is 35.2 Å². The van der Waals surface area contributed by atoms with Gasteiger partial charge in [-0.2, -0.15) is 0 Å². The number of carbonyl (C=O) groups is 2. The first kappa shape index (κ1) is 22.8. The van der Waals surface area contributed by atoms with E-state index in [1.807, 2.05) is 0 Å². The van der Waals surface area contributed by atoms with Gasteiger partial charge in [-0.25, -0.2) is 9.59 Å². The molecule has 164 valence electrons. The molecule has 1 atom stereocenters. The van der Waals surface area contributed by atoms with Gasteiger partial charge in [0.25, 0.3) is 0 Å². The topological polar surface area (TPSA) is 85.9 Å². The van der Waals surface area contributed by atoms with E-state index in [0.717, 1.165) is 0 Å². The summed E-state index contributed by atoms with van der Waals surface area (Å²) in [5, 5.41) is 6.30. The third kappa shape index (κ3) is 4.89. The van der Waals surface area contributed by atoms with Crippen molar-refractivity contribution in [1.82, 2.24) is 10.6 Å². The first-order valence-corrected chi connectivity index (χ1v) is 10.3. The van der Waals surface area contributed by atoms with E-state index in [4.69, 9.17) is 37.4 Å². The molecule has 0 aliphatic carbocycles. The highest BCUT2D eigenvalue weighted by Gasteiger charge is 2.34. The van der Waals surface area contributed by atoms with Crippen LogP contribution in [0.4, 0.5) is 4.79 Å². The van der Waals surface area contributed by atoms with Gasteiger partial charge in [-0.05, 0) is 32.0 Å². The number of allylic oxidation sites excluding steroid dienone is 1. The van der Waals surface area contributed by atoms with Crippen LogP contribution in [-0.2, 0) is 16.1 Å². The molecular formula is C22H22Cl2N2O5. The number of para-hydroxylation sites is 1. The summed E-state index contributed by atoms with van der Waals surface area (Å²) in [6.07, 6.45) is 0. The molecule has 0 spiro atoms. The molecule has 31 heavy (non-hydrogen) atoms. The molecule has 7 nitrogen and oxygen atoms in total. The SMILES string of the molecule is CCOC(=O)C1=C(C)NC(=O)NC1c1cccc(OC)c1OCc1c(Cl)cccc1Cl. The van der Waals surface area contributed by atoms with Crippen molar-refractivity contribution in [3.63, 3.8) is 0 Å². The minimum atomic E-state index is -0.806. The Hall–Kier alpha value is -2.90. The van der Waals surface area contributed by atoms with Gasteiger partial charge in [0.2, 0.25) is 0 Å². The first-order chi connectivity index (χ1) is 14.9. The summed E-state index contributed by atoms with van der Waals surface area (Å²) in [7, 11) is 1.50. The third-order valence-corrected chi connectivity index (χ3v) is 5.44. The molecule has 0 saturated heterocycles. The smallest absolute Gasteiger partial charge is 0.338 e. The van der Waals surface area contributed by atoms with Crippen LogP contribution in [0.2, 0.25) is 10.0 Å². The summed E-state index contributed by atoms with van der Waals surface area (Å²) in [4.78, 5) is 24.9. The van der Waals surface area contributed by atoms with Crippen LogP contribution in [-0.4, -0.2) is 25.7 Å². The number of hydrogen-bond donors (Lipinski definition) is 2. The van der Waals surface area contributed by atoms with Gasteiger partial charge in [-0.1, -0.05) is 41.4 Å². The average Bonchev–Trinajstić information content (AvgIpc) is 2.72. The number of carbonyl (C=O) groups excluding carboxylic acids is 2. The van der Waals surface area contributed by atoms with Crippen LogP contribution >= 0.6 is 23.2 Å². The molecule has 2 N–H and O–H groups in total. The van der Waals surface area contributed by atoms with E-state index in [1.54, 1.807) is 50.2 Å². The average molecular weight is 465 g/mol. The van der Waals surface area contributed by atoms with E-state index in [0.29, 0.717) is 38.4 Å². The molecule has 0 fully saturated rings. The maximum absolute atomic E-state index is 12.7. The van der Waals surface area contributed by atoms with Gasteiger partial charge >= 0.3 is 12.0 Å². The Bertz CT molecular complexity index is 1020. The van der Waals surface area contributed by atoms with Gasteiger partial charge in [0.15, 0.2) is 11.5 Å². The third-order valence-electron chi connectivity index (χ3n) is 4.73. The highest BCUT2D eigenvalue weighted by molar-refractivity contribution is 6.35. The summed E-state index contributed by atoms with van der Waals surface area (Å²) in [6.45, 7) is 3.61. The van der Waals surface area contributed by atoms with Crippen molar-refractivity contribution in [2.75, 3.05) is 13.7 Å². The lowest BCUT2D eigenvalue weighted by atomic mass is 9.94. The number of amides is 2. The van der Waals surface area contributed by atoms with E-state index in [2.05, 4.69) is 10.6 Å². The largest absolute Gasteiger partial charge is 0.493 e. The lowest BCUT2D eigenvalue weighted by molar-refractivity contribution is -0.139. The number of rotatable bonds is 7. The number of hydrogen-bond acceptors (Lipinski definition) is 5. The Morgan fingerprint density at radius 2 is 1.81 bits per heavy atom. The fourth-order valence-electron chi connectivity index (χ4n) is 3.30. The fraction of sp³-hybridized carbons (Fsp3) is 0.273. The van der Waals surface area contributed by atoms with E-state index in [1.165, 1.54) is 7.11 Å². The molecule has 1 unspecified atom stereocenters. The van der Waals surface area contributed by atoms with Crippen LogP contribution in [0.1, 0.15) is 31.0 Å². The van der Waals surface area contributed by atoms with Gasteiger partial charge in [-0.3, -0.25) is 0 Å². The molecule has 1 heterocycles. The van der Waals surface area contributed by atoms with Crippen LogP contribution in [0.3, 0.4) is 0 Å². The molecule has 0 bridgehead atoms. The Kier molecular flexibility index (Phi) is 7.30. The van der Waals surface area contributed by atoms with Crippen LogP contribution in [0.25, 0.3) is 0 Å². The van der Waals surface area contributed by atoms with Crippen LogP contribution in [0.15, 0.2) is 47.7 Å². The monoisotopic (exact) mass is 464 g/mol. The normalized spacial score (nSPS) is 15.8. The van der Waals surface area contributed by atoms with Crippen LogP contribution < -0.4 is 20.1 Å². The lowest BCUT2D eigenvalue weighted by Gasteiger charge is -2.29. The molecule has 0 aromatic heterocycles. The molecule has 9 heteroatoms. The molecule has 2 aromatic carbocycles. The summed E-state index contributed by atoms with van der Waals surface area (Å²) >= 11 is 12.5. The Labute approximate surface area is 190 Å². The zero-order valence-corrected chi connectivity index (χ0v) is 18.8. The number of esters is 1. The fourth-order valence-corrected chi connectivity index (χ4v) is 3.80. The highest BCUT2D eigenvalue weighted by atomic mass is 35.5. The highest BCUT2D eigenvalue weighted by Crippen LogP contribution is 2.40. The van der Waals surface area contributed by atoms with Gasteiger partial charge in [0, 0.05) is 26.9 Å². The van der Waals surface area contributed by atoms with Crippen molar-refractivity contribution in [1.29, 1.82) is 0 Å². The predicted molar refractivity (Wildman–Crippen MR) is 118 cm³/mol. The Morgan fingerprint density at radius 1 is 1.13 bits per heavy atom. The van der Waals surface area contributed by atoms with Crippen LogP contribution in [0.5, 0.6) is 11.5 Å². The molecule has 1 aliphatic rings. The van der Waals surface area contributed by atoms with Crippen molar-refractivity contribution in [2.24, 2.45) is 0 Å².